The molecule has 0 aromatic heterocycles. The van der Waals surface area contributed by atoms with Crippen molar-refractivity contribution in [3.63, 3.8) is 0 Å². The van der Waals surface area contributed by atoms with Crippen LogP contribution in [0.25, 0.3) is 0 Å². The SMILES string of the molecule is C#CC[C@@]1(O)[C@@H]2OC(C)(C)O[C@@H]2CO[C@]12COC(C)(C)O2. The summed E-state index contributed by atoms with van der Waals surface area (Å²) in [5, 5.41) is 11.3. The smallest absolute Gasteiger partial charge is 0.228 e. The Balaban J connectivity index is 1.98. The number of hydrogen-bond donors (Lipinski definition) is 1. The van der Waals surface area contributed by atoms with Crippen LogP contribution in [0.5, 0.6) is 0 Å². The highest BCUT2D eigenvalue weighted by atomic mass is 16.9. The van der Waals surface area contributed by atoms with E-state index in [9.17, 15) is 5.11 Å². The summed E-state index contributed by atoms with van der Waals surface area (Å²) >= 11 is 0. The summed E-state index contributed by atoms with van der Waals surface area (Å²) in [5.74, 6) is -0.505. The van der Waals surface area contributed by atoms with Gasteiger partial charge in [0.25, 0.3) is 0 Å². The molecular weight excluding hydrogens is 276 g/mol. The van der Waals surface area contributed by atoms with Gasteiger partial charge in [-0.15, -0.1) is 12.3 Å². The lowest BCUT2D eigenvalue weighted by molar-refractivity contribution is -0.365. The molecule has 0 aromatic rings. The average molecular weight is 298 g/mol. The fourth-order valence-corrected chi connectivity index (χ4v) is 3.32. The highest BCUT2D eigenvalue weighted by Gasteiger charge is 2.70. The van der Waals surface area contributed by atoms with E-state index in [1.165, 1.54) is 0 Å². The van der Waals surface area contributed by atoms with Crippen molar-refractivity contribution in [2.75, 3.05) is 13.2 Å². The van der Waals surface area contributed by atoms with Crippen LogP contribution in [0.3, 0.4) is 0 Å². The Bertz CT molecular complexity index is 479. The molecule has 0 bridgehead atoms. The first-order valence-electron chi connectivity index (χ1n) is 7.13. The minimum Gasteiger partial charge on any atom is -0.380 e. The predicted molar refractivity (Wildman–Crippen MR) is 72.0 cm³/mol. The third-order valence-electron chi connectivity index (χ3n) is 4.19. The molecule has 6 nitrogen and oxygen atoms in total. The van der Waals surface area contributed by atoms with Crippen molar-refractivity contribution in [2.24, 2.45) is 0 Å². The topological polar surface area (TPSA) is 66.4 Å². The average Bonchev–Trinajstić information content (AvgIpc) is 2.84. The van der Waals surface area contributed by atoms with Crippen molar-refractivity contribution < 1.29 is 28.8 Å². The molecule has 1 N–H and O–H groups in total. The Kier molecular flexibility index (Phi) is 3.20. The molecule has 6 heteroatoms. The van der Waals surface area contributed by atoms with Crippen LogP contribution in [-0.2, 0) is 23.7 Å². The number of ether oxygens (including phenoxy) is 5. The van der Waals surface area contributed by atoms with Gasteiger partial charge in [0.15, 0.2) is 17.2 Å². The summed E-state index contributed by atoms with van der Waals surface area (Å²) in [7, 11) is 0. The maximum absolute atomic E-state index is 11.3. The molecule has 3 rings (SSSR count). The van der Waals surface area contributed by atoms with E-state index in [4.69, 9.17) is 30.1 Å². The third kappa shape index (κ3) is 2.20. The second-order valence-electron chi connectivity index (χ2n) is 6.75. The fourth-order valence-electron chi connectivity index (χ4n) is 3.32. The van der Waals surface area contributed by atoms with Crippen LogP contribution >= 0.6 is 0 Å². The molecule has 3 fully saturated rings. The molecule has 0 aliphatic carbocycles. The Morgan fingerprint density at radius 3 is 2.43 bits per heavy atom. The van der Waals surface area contributed by atoms with Gasteiger partial charge >= 0.3 is 0 Å². The van der Waals surface area contributed by atoms with Crippen LogP contribution in [0.1, 0.15) is 34.1 Å². The first-order chi connectivity index (χ1) is 9.63. The van der Waals surface area contributed by atoms with Gasteiger partial charge in [-0.1, -0.05) is 0 Å². The van der Waals surface area contributed by atoms with Gasteiger partial charge in [0, 0.05) is 6.42 Å². The Morgan fingerprint density at radius 1 is 1.14 bits per heavy atom. The molecule has 118 valence electrons. The number of rotatable bonds is 1. The molecule has 21 heavy (non-hydrogen) atoms. The lowest BCUT2D eigenvalue weighted by atomic mass is 9.79. The van der Waals surface area contributed by atoms with E-state index >= 15 is 0 Å². The van der Waals surface area contributed by atoms with Crippen molar-refractivity contribution >= 4 is 0 Å². The largest absolute Gasteiger partial charge is 0.380 e. The molecule has 0 unspecified atom stereocenters. The van der Waals surface area contributed by atoms with Crippen LogP contribution in [0.4, 0.5) is 0 Å². The second-order valence-corrected chi connectivity index (χ2v) is 6.75. The fraction of sp³-hybridized carbons (Fsp3) is 0.867. The number of terminal acetylenes is 1. The molecule has 3 aliphatic heterocycles. The predicted octanol–water partition coefficient (Wildman–Crippen LogP) is 0.770. The van der Waals surface area contributed by atoms with Gasteiger partial charge < -0.3 is 28.8 Å². The van der Waals surface area contributed by atoms with Gasteiger partial charge in [-0.2, -0.15) is 0 Å². The highest BCUT2D eigenvalue weighted by Crippen LogP contribution is 2.50. The Morgan fingerprint density at radius 2 is 1.86 bits per heavy atom. The zero-order valence-corrected chi connectivity index (χ0v) is 12.8. The van der Waals surface area contributed by atoms with Gasteiger partial charge in [-0.05, 0) is 27.7 Å². The molecule has 3 heterocycles. The van der Waals surface area contributed by atoms with Gasteiger partial charge in [0.05, 0.1) is 6.61 Å². The second kappa shape index (κ2) is 4.42. The quantitative estimate of drug-likeness (QED) is 0.721. The zero-order chi connectivity index (χ0) is 15.5. The van der Waals surface area contributed by atoms with E-state index < -0.39 is 35.2 Å². The van der Waals surface area contributed by atoms with E-state index in [2.05, 4.69) is 5.92 Å². The van der Waals surface area contributed by atoms with Crippen molar-refractivity contribution in [3.05, 3.63) is 0 Å². The molecule has 0 radical (unpaired) electrons. The van der Waals surface area contributed by atoms with Crippen LogP contribution in [0.15, 0.2) is 0 Å². The van der Waals surface area contributed by atoms with Crippen LogP contribution in [0.2, 0.25) is 0 Å². The van der Waals surface area contributed by atoms with Gasteiger partial charge in [-0.25, -0.2) is 0 Å². The summed E-state index contributed by atoms with van der Waals surface area (Å²) in [6, 6.07) is 0. The van der Waals surface area contributed by atoms with E-state index in [1.54, 1.807) is 27.7 Å². The molecule has 0 aromatic carbocycles. The van der Waals surface area contributed by atoms with Gasteiger partial charge in [0.2, 0.25) is 5.79 Å². The number of fused-ring (bicyclic) bond motifs is 1. The summed E-state index contributed by atoms with van der Waals surface area (Å²) in [6.45, 7) is 7.47. The minimum absolute atomic E-state index is 0.0209. The van der Waals surface area contributed by atoms with Gasteiger partial charge in [-0.3, -0.25) is 0 Å². The molecule has 4 atom stereocenters. The molecular formula is C15H22O6. The molecule has 0 amide bonds. The maximum Gasteiger partial charge on any atom is 0.228 e. The summed E-state index contributed by atoms with van der Waals surface area (Å²) in [5.41, 5.74) is -1.54. The Labute approximate surface area is 124 Å². The molecule has 1 spiro atoms. The van der Waals surface area contributed by atoms with Crippen molar-refractivity contribution in [2.45, 2.75) is 69.3 Å². The van der Waals surface area contributed by atoms with E-state index in [0.29, 0.717) is 0 Å². The monoisotopic (exact) mass is 298 g/mol. The van der Waals surface area contributed by atoms with Crippen LogP contribution in [-0.4, -0.2) is 53.5 Å². The van der Waals surface area contributed by atoms with Crippen molar-refractivity contribution in [1.29, 1.82) is 0 Å². The lowest BCUT2D eigenvalue weighted by Gasteiger charge is -2.49. The third-order valence-corrected chi connectivity index (χ3v) is 4.19. The first kappa shape index (κ1) is 15.2. The highest BCUT2D eigenvalue weighted by molar-refractivity contribution is 5.15. The maximum atomic E-state index is 11.3. The molecule has 3 aliphatic rings. The standard InChI is InChI=1S/C15H22O6/c1-6-7-14(16)11-10(19-13(4,5)20-11)8-17-15(14)9-18-12(2,3)21-15/h1,10-11,16H,7-9H2,2-5H3/t10-,11-,14-,15+/m1/s1. The van der Waals surface area contributed by atoms with Gasteiger partial charge in [0.1, 0.15) is 18.8 Å². The summed E-state index contributed by atoms with van der Waals surface area (Å²) in [6.07, 6.45) is 4.45. The molecule has 3 saturated heterocycles. The zero-order valence-electron chi connectivity index (χ0n) is 12.8. The summed E-state index contributed by atoms with van der Waals surface area (Å²) in [4.78, 5) is 0. The normalized spacial score (nSPS) is 47.2. The van der Waals surface area contributed by atoms with Crippen molar-refractivity contribution in [1.82, 2.24) is 0 Å². The van der Waals surface area contributed by atoms with E-state index in [0.717, 1.165) is 0 Å². The minimum atomic E-state index is -1.54. The number of aliphatic hydroxyl groups is 1. The summed E-state index contributed by atoms with van der Waals surface area (Å²) < 4.78 is 29.0. The Hall–Kier alpha value is -0.680. The van der Waals surface area contributed by atoms with E-state index in [1.807, 2.05) is 0 Å². The van der Waals surface area contributed by atoms with Crippen LogP contribution in [0, 0.1) is 12.3 Å². The lowest BCUT2D eigenvalue weighted by Crippen LogP contribution is -2.70. The van der Waals surface area contributed by atoms with E-state index in [-0.39, 0.29) is 19.6 Å². The van der Waals surface area contributed by atoms with Crippen LogP contribution < -0.4 is 0 Å². The van der Waals surface area contributed by atoms with Crippen molar-refractivity contribution in [3.8, 4) is 12.3 Å². The first-order valence-corrected chi connectivity index (χ1v) is 7.13. The number of hydrogen-bond acceptors (Lipinski definition) is 6. The molecule has 0 saturated carbocycles.